The van der Waals surface area contributed by atoms with Crippen molar-refractivity contribution in [2.45, 2.75) is 0 Å². The third-order valence-corrected chi connectivity index (χ3v) is 3.77. The third kappa shape index (κ3) is 1.94. The second-order valence-electron chi connectivity index (χ2n) is 3.45. The summed E-state index contributed by atoms with van der Waals surface area (Å²) in [6, 6.07) is 6.12. The van der Waals surface area contributed by atoms with Gasteiger partial charge in [-0.25, -0.2) is 13.2 Å². The van der Waals surface area contributed by atoms with Crippen LogP contribution in [0.25, 0.3) is 5.57 Å². The molecule has 2 rings (SSSR count). The Morgan fingerprint density at radius 1 is 1.18 bits per heavy atom. The molecule has 1 aromatic carbocycles. The van der Waals surface area contributed by atoms with E-state index in [4.69, 9.17) is 5.11 Å². The predicted octanol–water partition coefficient (Wildman–Crippen LogP) is 1.13. The molecule has 1 aliphatic heterocycles. The van der Waals surface area contributed by atoms with Crippen LogP contribution in [0.5, 0.6) is 5.75 Å². The first kappa shape index (κ1) is 11.4. The van der Waals surface area contributed by atoms with E-state index in [2.05, 4.69) is 0 Å². The van der Waals surface area contributed by atoms with E-state index in [1.54, 1.807) is 12.1 Å². The number of para-hydroxylation sites is 1. The predicted molar refractivity (Wildman–Crippen MR) is 60.7 cm³/mol. The third-order valence-electron chi connectivity index (χ3n) is 2.30. The number of phenolic OH excluding ortho intramolecular Hbond substituents is 1. The van der Waals surface area contributed by atoms with Gasteiger partial charge >= 0.3 is 5.97 Å². The Labute approximate surface area is 97.2 Å². The number of hydrogen-bond acceptors (Lipinski definition) is 4. The van der Waals surface area contributed by atoms with Gasteiger partial charge in [0.05, 0.1) is 0 Å². The van der Waals surface area contributed by atoms with Gasteiger partial charge in [0.1, 0.15) is 5.75 Å². The highest BCUT2D eigenvalue weighted by Gasteiger charge is 2.29. The lowest BCUT2D eigenvalue weighted by Crippen LogP contribution is -2.07. The molecule has 0 atom stereocenters. The summed E-state index contributed by atoms with van der Waals surface area (Å²) in [5, 5.41) is 19.1. The van der Waals surface area contributed by atoms with Crippen LogP contribution in [0.2, 0.25) is 0 Å². The molecule has 0 saturated heterocycles. The zero-order valence-corrected chi connectivity index (χ0v) is 9.31. The number of carboxylic acids is 1. The van der Waals surface area contributed by atoms with E-state index in [0.29, 0.717) is 0 Å². The summed E-state index contributed by atoms with van der Waals surface area (Å²) in [5.41, 5.74) is 0.452. The minimum Gasteiger partial charge on any atom is -0.507 e. The van der Waals surface area contributed by atoms with Gasteiger partial charge in [-0.3, -0.25) is 0 Å². The molecule has 0 fully saturated rings. The van der Waals surface area contributed by atoms with Crippen LogP contribution in [-0.4, -0.2) is 24.6 Å². The summed E-state index contributed by atoms with van der Waals surface area (Å²) in [6.07, 6.45) is 1.03. The number of aliphatic carboxylic acids is 1. The van der Waals surface area contributed by atoms with Crippen molar-refractivity contribution in [3.63, 3.8) is 0 Å². The van der Waals surface area contributed by atoms with E-state index in [-0.39, 0.29) is 16.9 Å². The summed E-state index contributed by atoms with van der Waals surface area (Å²) >= 11 is 0. The Morgan fingerprint density at radius 2 is 1.82 bits per heavy atom. The number of rotatable bonds is 2. The summed E-state index contributed by atoms with van der Waals surface area (Å²) in [5.74, 6) is -1.61. The van der Waals surface area contributed by atoms with Crippen LogP contribution in [0, 0.1) is 0 Å². The second-order valence-corrected chi connectivity index (χ2v) is 5.21. The minimum absolute atomic E-state index is 0.100. The summed E-state index contributed by atoms with van der Waals surface area (Å²) in [7, 11) is -3.91. The Kier molecular flexibility index (Phi) is 2.51. The molecule has 0 aliphatic carbocycles. The largest absolute Gasteiger partial charge is 0.507 e. The Bertz CT molecular complexity index is 652. The molecule has 0 spiro atoms. The van der Waals surface area contributed by atoms with Crippen LogP contribution in [0.1, 0.15) is 5.56 Å². The molecule has 0 radical (unpaired) electrons. The molecule has 5 nitrogen and oxygen atoms in total. The number of hydrogen-bond donors (Lipinski definition) is 2. The molecule has 0 unspecified atom stereocenters. The molecule has 1 aliphatic rings. The summed E-state index contributed by atoms with van der Waals surface area (Å²) < 4.78 is 23.0. The number of aromatic hydroxyl groups is 1. The van der Waals surface area contributed by atoms with Gasteiger partial charge in [0.25, 0.3) is 0 Å². The fourth-order valence-electron chi connectivity index (χ4n) is 1.53. The van der Waals surface area contributed by atoms with E-state index in [1.165, 1.54) is 12.1 Å². The Morgan fingerprint density at radius 3 is 2.35 bits per heavy atom. The maximum atomic E-state index is 11.5. The highest BCUT2D eigenvalue weighted by molar-refractivity contribution is 7.99. The van der Waals surface area contributed by atoms with Gasteiger partial charge in [0.15, 0.2) is 4.91 Å². The van der Waals surface area contributed by atoms with Crippen LogP contribution in [0.15, 0.2) is 40.7 Å². The standard InChI is InChI=1S/C11H8O5S/c12-9-4-2-1-3-8(9)7-5-10(11(13)14)17(15,16)6-7/h1-6,12H,(H,13,14). The smallest absolute Gasteiger partial charge is 0.347 e. The van der Waals surface area contributed by atoms with Gasteiger partial charge in [0.2, 0.25) is 9.84 Å². The average molecular weight is 252 g/mol. The fourth-order valence-corrected chi connectivity index (χ4v) is 2.72. The zero-order valence-electron chi connectivity index (χ0n) is 8.49. The SMILES string of the molecule is O=C(O)C1=CC(c2ccccc2O)=CS1(=O)=O. The van der Waals surface area contributed by atoms with Crippen molar-refractivity contribution >= 4 is 21.4 Å². The van der Waals surface area contributed by atoms with Crippen molar-refractivity contribution in [3.05, 3.63) is 46.2 Å². The molecule has 1 aromatic rings. The number of carbonyl (C=O) groups is 1. The molecule has 0 amide bonds. The zero-order chi connectivity index (χ0) is 12.6. The van der Waals surface area contributed by atoms with Crippen molar-refractivity contribution in [2.75, 3.05) is 0 Å². The van der Waals surface area contributed by atoms with Gasteiger partial charge in [-0.05, 0) is 17.7 Å². The quantitative estimate of drug-likeness (QED) is 0.823. The monoisotopic (exact) mass is 252 g/mol. The molecule has 2 N–H and O–H groups in total. The normalized spacial score (nSPS) is 17.4. The van der Waals surface area contributed by atoms with Gasteiger partial charge < -0.3 is 10.2 Å². The van der Waals surface area contributed by atoms with Gasteiger partial charge in [-0.2, -0.15) is 0 Å². The van der Waals surface area contributed by atoms with Crippen molar-refractivity contribution in [2.24, 2.45) is 0 Å². The van der Waals surface area contributed by atoms with Crippen molar-refractivity contribution in [3.8, 4) is 5.75 Å². The topological polar surface area (TPSA) is 91.7 Å². The lowest BCUT2D eigenvalue weighted by molar-refractivity contribution is -0.131. The first-order chi connectivity index (χ1) is 7.92. The number of benzene rings is 1. The van der Waals surface area contributed by atoms with Crippen LogP contribution in [0.4, 0.5) is 0 Å². The fraction of sp³-hybridized carbons (Fsp3) is 0. The van der Waals surface area contributed by atoms with Crippen molar-refractivity contribution < 1.29 is 23.4 Å². The lowest BCUT2D eigenvalue weighted by Gasteiger charge is -2.01. The van der Waals surface area contributed by atoms with Gasteiger partial charge in [-0.15, -0.1) is 0 Å². The second kappa shape index (κ2) is 3.74. The molecule has 1 heterocycles. The molecule has 88 valence electrons. The first-order valence-corrected chi connectivity index (χ1v) is 6.16. The summed E-state index contributed by atoms with van der Waals surface area (Å²) in [6.45, 7) is 0. The van der Waals surface area contributed by atoms with Crippen molar-refractivity contribution in [1.82, 2.24) is 0 Å². The van der Waals surface area contributed by atoms with E-state index in [9.17, 15) is 18.3 Å². The number of allylic oxidation sites excluding steroid dienone is 2. The van der Waals surface area contributed by atoms with Crippen LogP contribution in [0.3, 0.4) is 0 Å². The molecule has 0 bridgehead atoms. The number of phenols is 1. The first-order valence-electron chi connectivity index (χ1n) is 4.62. The van der Waals surface area contributed by atoms with E-state index in [1.807, 2.05) is 0 Å². The molecular formula is C11H8O5S. The van der Waals surface area contributed by atoms with Gasteiger partial charge in [-0.1, -0.05) is 18.2 Å². The number of sulfone groups is 1. The van der Waals surface area contributed by atoms with Crippen LogP contribution >= 0.6 is 0 Å². The van der Waals surface area contributed by atoms with E-state index in [0.717, 1.165) is 11.5 Å². The molecule has 0 saturated carbocycles. The Balaban J connectivity index is 2.59. The maximum absolute atomic E-state index is 11.5. The summed E-state index contributed by atoms with van der Waals surface area (Å²) in [4.78, 5) is 10.1. The number of carboxylic acid groups (broad SMARTS) is 1. The van der Waals surface area contributed by atoms with Gasteiger partial charge in [0, 0.05) is 11.0 Å². The Hall–Kier alpha value is -2.08. The van der Waals surface area contributed by atoms with E-state index < -0.39 is 20.7 Å². The molecule has 6 heteroatoms. The molecule has 0 aromatic heterocycles. The van der Waals surface area contributed by atoms with Crippen LogP contribution in [-0.2, 0) is 14.6 Å². The molecule has 17 heavy (non-hydrogen) atoms. The lowest BCUT2D eigenvalue weighted by atomic mass is 10.1. The minimum atomic E-state index is -3.91. The average Bonchev–Trinajstić information content (AvgIpc) is 2.55. The van der Waals surface area contributed by atoms with Crippen LogP contribution < -0.4 is 0 Å². The highest BCUT2D eigenvalue weighted by atomic mass is 32.2. The molecular weight excluding hydrogens is 244 g/mol. The highest BCUT2D eigenvalue weighted by Crippen LogP contribution is 2.33. The maximum Gasteiger partial charge on any atom is 0.347 e. The van der Waals surface area contributed by atoms with Crippen molar-refractivity contribution in [1.29, 1.82) is 0 Å². The van der Waals surface area contributed by atoms with E-state index >= 15 is 0 Å².